The molecule has 3 rings (SSSR count). The van der Waals surface area contributed by atoms with Gasteiger partial charge < -0.3 is 19.8 Å². The predicted octanol–water partition coefficient (Wildman–Crippen LogP) is 4.84. The first-order chi connectivity index (χ1) is 15.6. The number of carbonyl (C=O) groups excluding carboxylic acids is 2. The van der Waals surface area contributed by atoms with Crippen LogP contribution in [0.25, 0.3) is 0 Å². The van der Waals surface area contributed by atoms with Crippen LogP contribution in [0.15, 0.2) is 66.7 Å². The number of phenols is 2. The van der Waals surface area contributed by atoms with Gasteiger partial charge in [0.05, 0.1) is 0 Å². The Bertz CT molecular complexity index is 1140. The van der Waals surface area contributed by atoms with Gasteiger partial charge in [-0.2, -0.15) is 0 Å². The van der Waals surface area contributed by atoms with Crippen molar-refractivity contribution in [1.82, 2.24) is 4.90 Å². The van der Waals surface area contributed by atoms with Crippen molar-refractivity contribution in [1.29, 1.82) is 0 Å². The Morgan fingerprint density at radius 3 is 2.06 bits per heavy atom. The quantitative estimate of drug-likeness (QED) is 0.365. The molecule has 7 heteroatoms. The molecule has 2 N–H and O–H groups in total. The second kappa shape index (κ2) is 9.96. The monoisotopic (exact) mass is 467 g/mol. The van der Waals surface area contributed by atoms with Gasteiger partial charge in [-0.15, -0.1) is 0 Å². The summed E-state index contributed by atoms with van der Waals surface area (Å²) in [5, 5.41) is 19.6. The molecule has 0 saturated carbocycles. The minimum atomic E-state index is -1.13. The normalized spacial score (nSPS) is 11.2. The SMILES string of the molecule is CN(CCc1ccc(O)c(O)c1)C(=O)C(C)(C)Oc1ccc(C(=O)c2ccc(Cl)cc2)cc1. The van der Waals surface area contributed by atoms with Gasteiger partial charge in [-0.1, -0.05) is 17.7 Å². The first kappa shape index (κ1) is 24.1. The molecule has 0 heterocycles. The molecule has 0 aromatic heterocycles. The minimum absolute atomic E-state index is 0.131. The molecule has 1 amide bonds. The number of rotatable bonds is 8. The molecule has 0 radical (unpaired) electrons. The van der Waals surface area contributed by atoms with E-state index in [2.05, 4.69) is 0 Å². The van der Waals surface area contributed by atoms with Crippen molar-refractivity contribution >= 4 is 23.3 Å². The van der Waals surface area contributed by atoms with E-state index in [0.717, 1.165) is 5.56 Å². The van der Waals surface area contributed by atoms with Crippen LogP contribution >= 0.6 is 11.6 Å². The number of carbonyl (C=O) groups is 2. The first-order valence-electron chi connectivity index (χ1n) is 10.4. The lowest BCUT2D eigenvalue weighted by Gasteiger charge is -2.30. The van der Waals surface area contributed by atoms with E-state index in [4.69, 9.17) is 16.3 Å². The summed E-state index contributed by atoms with van der Waals surface area (Å²) in [6.07, 6.45) is 0.508. The van der Waals surface area contributed by atoms with Gasteiger partial charge in [0, 0.05) is 29.7 Å². The molecule has 0 aliphatic heterocycles. The number of ketones is 1. The van der Waals surface area contributed by atoms with E-state index < -0.39 is 5.60 Å². The average molecular weight is 468 g/mol. The summed E-state index contributed by atoms with van der Waals surface area (Å²) in [6, 6.07) is 17.9. The smallest absolute Gasteiger partial charge is 0.265 e. The van der Waals surface area contributed by atoms with Crippen molar-refractivity contribution in [2.24, 2.45) is 0 Å². The molecule has 0 aliphatic carbocycles. The highest BCUT2D eigenvalue weighted by atomic mass is 35.5. The number of nitrogens with zero attached hydrogens (tertiary/aromatic N) is 1. The van der Waals surface area contributed by atoms with E-state index in [9.17, 15) is 19.8 Å². The molecule has 0 fully saturated rings. The second-order valence-electron chi connectivity index (χ2n) is 8.27. The lowest BCUT2D eigenvalue weighted by molar-refractivity contribution is -0.144. The maximum atomic E-state index is 12.9. The molecule has 0 atom stereocenters. The fourth-order valence-electron chi connectivity index (χ4n) is 3.36. The van der Waals surface area contributed by atoms with Crippen molar-refractivity contribution in [3.63, 3.8) is 0 Å². The molecule has 0 spiro atoms. The summed E-state index contributed by atoms with van der Waals surface area (Å²) in [6.45, 7) is 3.78. The fourth-order valence-corrected chi connectivity index (χ4v) is 3.49. The highest BCUT2D eigenvalue weighted by Gasteiger charge is 2.32. The van der Waals surface area contributed by atoms with Gasteiger partial charge in [0.2, 0.25) is 0 Å². The lowest BCUT2D eigenvalue weighted by Crippen LogP contribution is -2.47. The Balaban J connectivity index is 1.61. The zero-order valence-corrected chi connectivity index (χ0v) is 19.5. The van der Waals surface area contributed by atoms with Gasteiger partial charge in [0.25, 0.3) is 5.91 Å². The highest BCUT2D eigenvalue weighted by Crippen LogP contribution is 2.26. The Hall–Kier alpha value is -3.51. The van der Waals surface area contributed by atoms with Crippen molar-refractivity contribution in [2.45, 2.75) is 25.9 Å². The van der Waals surface area contributed by atoms with Gasteiger partial charge in [-0.3, -0.25) is 9.59 Å². The van der Waals surface area contributed by atoms with Crippen LogP contribution < -0.4 is 4.74 Å². The number of likely N-dealkylation sites (N-methyl/N-ethyl adjacent to an activating group) is 1. The minimum Gasteiger partial charge on any atom is -0.504 e. The van der Waals surface area contributed by atoms with Crippen LogP contribution in [0.5, 0.6) is 17.2 Å². The first-order valence-corrected chi connectivity index (χ1v) is 10.8. The summed E-state index contributed by atoms with van der Waals surface area (Å²) in [4.78, 5) is 27.1. The maximum Gasteiger partial charge on any atom is 0.265 e. The Morgan fingerprint density at radius 2 is 1.48 bits per heavy atom. The number of ether oxygens (including phenoxy) is 1. The molecule has 3 aromatic rings. The molecule has 0 unspecified atom stereocenters. The lowest BCUT2D eigenvalue weighted by atomic mass is 10.0. The summed E-state index contributed by atoms with van der Waals surface area (Å²) in [7, 11) is 1.68. The van der Waals surface area contributed by atoms with Gasteiger partial charge >= 0.3 is 0 Å². The van der Waals surface area contributed by atoms with Gasteiger partial charge in [-0.25, -0.2) is 0 Å². The van der Waals surface area contributed by atoms with E-state index in [0.29, 0.717) is 34.9 Å². The number of phenolic OH excluding ortho intramolecular Hbond substituents is 2. The van der Waals surface area contributed by atoms with Crippen LogP contribution in [0.4, 0.5) is 0 Å². The molecule has 0 aliphatic rings. The van der Waals surface area contributed by atoms with Crippen LogP contribution in [-0.4, -0.2) is 46.0 Å². The molecular formula is C26H26ClNO5. The summed E-state index contributed by atoms with van der Waals surface area (Å²) < 4.78 is 5.93. The zero-order chi connectivity index (χ0) is 24.2. The zero-order valence-electron chi connectivity index (χ0n) is 18.7. The van der Waals surface area contributed by atoms with Gasteiger partial charge in [0.15, 0.2) is 22.9 Å². The van der Waals surface area contributed by atoms with Crippen molar-refractivity contribution in [2.75, 3.05) is 13.6 Å². The van der Waals surface area contributed by atoms with Crippen LogP contribution in [-0.2, 0) is 11.2 Å². The third kappa shape index (κ3) is 6.05. The number of aromatic hydroxyl groups is 2. The number of hydrogen-bond acceptors (Lipinski definition) is 5. The largest absolute Gasteiger partial charge is 0.504 e. The van der Waals surface area contributed by atoms with Crippen LogP contribution in [0, 0.1) is 0 Å². The molecule has 3 aromatic carbocycles. The Kier molecular flexibility index (Phi) is 7.29. The maximum absolute atomic E-state index is 12.9. The van der Waals surface area contributed by atoms with Crippen LogP contribution in [0.2, 0.25) is 5.02 Å². The van der Waals surface area contributed by atoms with Crippen LogP contribution in [0.1, 0.15) is 35.3 Å². The standard InChI is InChI=1S/C26H26ClNO5/c1-26(2,25(32)28(3)15-14-17-4-13-22(29)23(30)16-17)33-21-11-7-19(8-12-21)24(31)18-5-9-20(27)10-6-18/h4-13,16,29-30H,14-15H2,1-3H3. The third-order valence-corrected chi connectivity index (χ3v) is 5.49. The summed E-state index contributed by atoms with van der Waals surface area (Å²) in [5.74, 6) is -0.250. The average Bonchev–Trinajstić information content (AvgIpc) is 2.79. The van der Waals surface area contributed by atoms with Gasteiger partial charge in [0.1, 0.15) is 5.75 Å². The second-order valence-corrected chi connectivity index (χ2v) is 8.71. The Morgan fingerprint density at radius 1 is 0.909 bits per heavy atom. The van der Waals surface area contributed by atoms with Gasteiger partial charge in [-0.05, 0) is 86.5 Å². The summed E-state index contributed by atoms with van der Waals surface area (Å²) in [5.41, 5.74) is 0.702. The van der Waals surface area contributed by atoms with Crippen molar-refractivity contribution in [3.05, 3.63) is 88.4 Å². The topological polar surface area (TPSA) is 87.1 Å². The highest BCUT2D eigenvalue weighted by molar-refractivity contribution is 6.30. The number of hydrogen-bond donors (Lipinski definition) is 2. The molecule has 0 bridgehead atoms. The summed E-state index contributed by atoms with van der Waals surface area (Å²) >= 11 is 5.88. The number of halogens is 1. The number of amides is 1. The molecule has 33 heavy (non-hydrogen) atoms. The van der Waals surface area contributed by atoms with Crippen molar-refractivity contribution in [3.8, 4) is 17.2 Å². The molecule has 172 valence electrons. The predicted molar refractivity (Wildman–Crippen MR) is 127 cm³/mol. The van der Waals surface area contributed by atoms with E-state index in [1.807, 2.05) is 0 Å². The van der Waals surface area contributed by atoms with E-state index >= 15 is 0 Å². The fraction of sp³-hybridized carbons (Fsp3) is 0.231. The van der Waals surface area contributed by atoms with E-state index in [-0.39, 0.29) is 23.2 Å². The number of benzene rings is 3. The third-order valence-electron chi connectivity index (χ3n) is 5.23. The van der Waals surface area contributed by atoms with Crippen molar-refractivity contribution < 1.29 is 24.5 Å². The van der Waals surface area contributed by atoms with Crippen LogP contribution in [0.3, 0.4) is 0 Å². The Labute approximate surface area is 198 Å². The van der Waals surface area contributed by atoms with E-state index in [1.54, 1.807) is 80.4 Å². The molecule has 0 saturated heterocycles. The molecular weight excluding hydrogens is 442 g/mol. The molecule has 6 nitrogen and oxygen atoms in total. The van der Waals surface area contributed by atoms with E-state index in [1.165, 1.54) is 12.1 Å².